The monoisotopic (exact) mass is 397 g/mol. The van der Waals surface area contributed by atoms with E-state index in [0.717, 1.165) is 31.0 Å². The molecule has 3 aromatic rings. The quantitative estimate of drug-likeness (QED) is 0.641. The lowest BCUT2D eigenvalue weighted by Gasteiger charge is -2.07. The molecule has 0 amide bonds. The lowest BCUT2D eigenvalue weighted by atomic mass is 10.2. The number of fused-ring (bicyclic) bond motifs is 1. The number of anilines is 1. The van der Waals surface area contributed by atoms with Crippen molar-refractivity contribution >= 4 is 59.9 Å². The SMILES string of the molecule is Cc1cscc1-c1nc(N)c2cc(Br)cc(Br)c2n1. The molecule has 19 heavy (non-hydrogen) atoms. The Labute approximate surface area is 131 Å². The number of nitrogen functional groups attached to an aromatic ring is 1. The van der Waals surface area contributed by atoms with E-state index >= 15 is 0 Å². The third-order valence-electron chi connectivity index (χ3n) is 2.84. The smallest absolute Gasteiger partial charge is 0.163 e. The minimum atomic E-state index is 0.493. The number of hydrogen-bond donors (Lipinski definition) is 1. The highest BCUT2D eigenvalue weighted by Crippen LogP contribution is 2.33. The van der Waals surface area contributed by atoms with Crippen LogP contribution in [0.3, 0.4) is 0 Å². The van der Waals surface area contributed by atoms with Gasteiger partial charge in [0.1, 0.15) is 5.82 Å². The van der Waals surface area contributed by atoms with E-state index in [9.17, 15) is 0 Å². The molecule has 0 atom stereocenters. The first-order valence-electron chi connectivity index (χ1n) is 5.51. The molecule has 0 aliphatic carbocycles. The van der Waals surface area contributed by atoms with Crippen molar-refractivity contribution in [1.29, 1.82) is 0 Å². The fraction of sp³-hybridized carbons (Fsp3) is 0.0769. The Bertz CT molecular complexity index is 783. The molecule has 0 saturated carbocycles. The van der Waals surface area contributed by atoms with Crippen molar-refractivity contribution in [2.24, 2.45) is 0 Å². The number of halogens is 2. The Hall–Kier alpha value is -0.980. The van der Waals surface area contributed by atoms with Gasteiger partial charge in [-0.3, -0.25) is 0 Å². The summed E-state index contributed by atoms with van der Waals surface area (Å²) in [6.07, 6.45) is 0. The summed E-state index contributed by atoms with van der Waals surface area (Å²) in [6, 6.07) is 3.89. The van der Waals surface area contributed by atoms with Gasteiger partial charge in [-0.15, -0.1) is 0 Å². The van der Waals surface area contributed by atoms with Crippen LogP contribution in [-0.4, -0.2) is 9.97 Å². The van der Waals surface area contributed by atoms with Gasteiger partial charge in [0.05, 0.1) is 5.52 Å². The zero-order valence-corrected chi connectivity index (χ0v) is 13.9. The summed E-state index contributed by atoms with van der Waals surface area (Å²) in [5, 5.41) is 4.97. The number of hydrogen-bond acceptors (Lipinski definition) is 4. The number of benzene rings is 1. The maximum absolute atomic E-state index is 6.06. The predicted octanol–water partition coefficient (Wildman–Crippen LogP) is 4.77. The van der Waals surface area contributed by atoms with Crippen molar-refractivity contribution in [2.75, 3.05) is 5.73 Å². The van der Waals surface area contributed by atoms with E-state index in [1.54, 1.807) is 11.3 Å². The van der Waals surface area contributed by atoms with Gasteiger partial charge >= 0.3 is 0 Å². The third-order valence-corrected chi connectivity index (χ3v) is 4.77. The van der Waals surface area contributed by atoms with Crippen LogP contribution < -0.4 is 5.73 Å². The van der Waals surface area contributed by atoms with E-state index in [1.807, 2.05) is 24.4 Å². The van der Waals surface area contributed by atoms with Gasteiger partial charge in [0, 0.05) is 25.3 Å². The summed E-state index contributed by atoms with van der Waals surface area (Å²) < 4.78 is 1.85. The lowest BCUT2D eigenvalue weighted by molar-refractivity contribution is 1.22. The van der Waals surface area contributed by atoms with E-state index in [1.165, 1.54) is 0 Å². The molecule has 2 heterocycles. The summed E-state index contributed by atoms with van der Waals surface area (Å²) in [6.45, 7) is 2.05. The highest BCUT2D eigenvalue weighted by molar-refractivity contribution is 9.11. The first kappa shape index (κ1) is 13.0. The van der Waals surface area contributed by atoms with Crippen molar-refractivity contribution in [1.82, 2.24) is 9.97 Å². The molecule has 0 aliphatic heterocycles. The summed E-state index contributed by atoms with van der Waals surface area (Å²) in [5.74, 6) is 1.17. The maximum atomic E-state index is 6.06. The zero-order chi connectivity index (χ0) is 13.6. The second-order valence-corrected chi connectivity index (χ2v) is 6.70. The normalized spacial score (nSPS) is 11.1. The molecule has 0 fully saturated rings. The highest BCUT2D eigenvalue weighted by atomic mass is 79.9. The summed E-state index contributed by atoms with van der Waals surface area (Å²) in [7, 11) is 0. The van der Waals surface area contributed by atoms with E-state index < -0.39 is 0 Å². The molecule has 2 N–H and O–H groups in total. The van der Waals surface area contributed by atoms with Crippen LogP contribution in [0.15, 0.2) is 31.8 Å². The van der Waals surface area contributed by atoms with E-state index in [4.69, 9.17) is 5.73 Å². The van der Waals surface area contributed by atoms with Crippen LogP contribution in [0.4, 0.5) is 5.82 Å². The number of nitrogens with two attached hydrogens (primary N) is 1. The minimum Gasteiger partial charge on any atom is -0.383 e. The van der Waals surface area contributed by atoms with Gasteiger partial charge in [-0.2, -0.15) is 11.3 Å². The Morgan fingerprint density at radius 2 is 1.95 bits per heavy atom. The maximum Gasteiger partial charge on any atom is 0.163 e. The third kappa shape index (κ3) is 2.28. The topological polar surface area (TPSA) is 51.8 Å². The molecule has 6 heteroatoms. The van der Waals surface area contributed by atoms with Crippen LogP contribution in [0.25, 0.3) is 22.3 Å². The first-order chi connectivity index (χ1) is 9.06. The second kappa shape index (κ2) is 4.85. The molecule has 0 saturated heterocycles. The molecular weight excluding hydrogens is 390 g/mol. The van der Waals surface area contributed by atoms with Crippen LogP contribution in [0, 0.1) is 6.92 Å². The van der Waals surface area contributed by atoms with Crippen LogP contribution >= 0.6 is 43.2 Å². The molecule has 3 nitrogen and oxygen atoms in total. The summed E-state index contributed by atoms with van der Waals surface area (Å²) >= 11 is 8.61. The largest absolute Gasteiger partial charge is 0.383 e. The van der Waals surface area contributed by atoms with Gasteiger partial charge in [0.15, 0.2) is 5.82 Å². The van der Waals surface area contributed by atoms with Crippen LogP contribution in [0.5, 0.6) is 0 Å². The molecule has 96 valence electrons. The molecular formula is C13H9Br2N3S. The van der Waals surface area contributed by atoms with Gasteiger partial charge in [0.2, 0.25) is 0 Å². The Balaban J connectivity index is 2.34. The van der Waals surface area contributed by atoms with Gasteiger partial charge < -0.3 is 5.73 Å². The Kier molecular flexibility index (Phi) is 3.32. The van der Waals surface area contributed by atoms with Crippen molar-refractivity contribution in [3.05, 3.63) is 37.4 Å². The second-order valence-electron chi connectivity index (χ2n) is 4.18. The average Bonchev–Trinajstić information content (AvgIpc) is 2.76. The van der Waals surface area contributed by atoms with Gasteiger partial charge in [-0.05, 0) is 45.9 Å². The number of aryl methyl sites for hydroxylation is 1. The van der Waals surface area contributed by atoms with E-state index in [0.29, 0.717) is 11.6 Å². The predicted molar refractivity (Wildman–Crippen MR) is 87.4 cm³/mol. The summed E-state index contributed by atoms with van der Waals surface area (Å²) in [5.41, 5.74) is 9.09. The number of aromatic nitrogens is 2. The number of thiophene rings is 1. The fourth-order valence-electron chi connectivity index (χ4n) is 1.89. The lowest BCUT2D eigenvalue weighted by Crippen LogP contribution is -1.98. The van der Waals surface area contributed by atoms with E-state index in [-0.39, 0.29) is 0 Å². The molecule has 0 bridgehead atoms. The Morgan fingerprint density at radius 1 is 1.16 bits per heavy atom. The van der Waals surface area contributed by atoms with Gasteiger partial charge in [-0.25, -0.2) is 9.97 Å². The highest BCUT2D eigenvalue weighted by Gasteiger charge is 2.12. The van der Waals surface area contributed by atoms with E-state index in [2.05, 4.69) is 47.2 Å². The average molecular weight is 399 g/mol. The molecule has 0 radical (unpaired) electrons. The number of nitrogens with zero attached hydrogens (tertiary/aromatic N) is 2. The first-order valence-corrected chi connectivity index (χ1v) is 8.04. The molecule has 0 aliphatic rings. The standard InChI is InChI=1S/C13H9Br2N3S/c1-6-4-19-5-9(6)13-17-11-8(12(16)18-13)2-7(14)3-10(11)15/h2-5H,1H3,(H2,16,17,18). The van der Waals surface area contributed by atoms with Crippen LogP contribution in [0.1, 0.15) is 5.56 Å². The van der Waals surface area contributed by atoms with Crippen molar-refractivity contribution in [3.8, 4) is 11.4 Å². The fourth-order valence-corrected chi connectivity index (χ4v) is 4.03. The molecule has 0 spiro atoms. The molecule has 1 aromatic carbocycles. The molecule has 2 aromatic heterocycles. The van der Waals surface area contributed by atoms with Crippen LogP contribution in [0.2, 0.25) is 0 Å². The Morgan fingerprint density at radius 3 is 2.63 bits per heavy atom. The van der Waals surface area contributed by atoms with Gasteiger partial charge in [0.25, 0.3) is 0 Å². The zero-order valence-electron chi connectivity index (χ0n) is 9.95. The van der Waals surface area contributed by atoms with Crippen LogP contribution in [-0.2, 0) is 0 Å². The van der Waals surface area contributed by atoms with Gasteiger partial charge in [-0.1, -0.05) is 15.9 Å². The van der Waals surface area contributed by atoms with Crippen molar-refractivity contribution < 1.29 is 0 Å². The molecule has 0 unspecified atom stereocenters. The van der Waals surface area contributed by atoms with Crippen molar-refractivity contribution in [2.45, 2.75) is 6.92 Å². The molecule has 3 rings (SSSR count). The summed E-state index contributed by atoms with van der Waals surface area (Å²) in [4.78, 5) is 9.05. The number of rotatable bonds is 1. The minimum absolute atomic E-state index is 0.493. The van der Waals surface area contributed by atoms with Crippen molar-refractivity contribution in [3.63, 3.8) is 0 Å².